The zero-order valence-corrected chi connectivity index (χ0v) is 14.9. The van der Waals surface area contributed by atoms with Crippen molar-refractivity contribution >= 4 is 17.8 Å². The molecule has 6 nitrogen and oxygen atoms in total. The Labute approximate surface area is 152 Å². The summed E-state index contributed by atoms with van der Waals surface area (Å²) in [4.78, 5) is 0.858. The van der Waals surface area contributed by atoms with Crippen LogP contribution >= 0.6 is 11.9 Å². The molecule has 0 amide bonds. The third-order valence-electron chi connectivity index (χ3n) is 4.63. The van der Waals surface area contributed by atoms with Gasteiger partial charge in [-0.1, -0.05) is 36.4 Å². The summed E-state index contributed by atoms with van der Waals surface area (Å²) in [5.41, 5.74) is 12.6. The summed E-state index contributed by atoms with van der Waals surface area (Å²) < 4.78 is 0. The molecule has 1 aliphatic heterocycles. The number of hydrogen-bond donors (Lipinski definition) is 5. The average Bonchev–Trinajstić information content (AvgIpc) is 2.68. The quantitative estimate of drug-likeness (QED) is 0.184. The highest BCUT2D eigenvalue weighted by Gasteiger charge is 2.17. The maximum absolute atomic E-state index is 6.10. The lowest BCUT2D eigenvalue weighted by molar-refractivity contribution is 0.460. The smallest absolute Gasteiger partial charge is 0.153 e. The lowest BCUT2D eigenvalue weighted by Gasteiger charge is -2.23. The molecule has 2 aromatic rings. The van der Waals surface area contributed by atoms with E-state index in [9.17, 15) is 0 Å². The Morgan fingerprint density at radius 1 is 1.12 bits per heavy atom. The minimum atomic E-state index is 0.313. The summed E-state index contributed by atoms with van der Waals surface area (Å²) >= 11 is 1.15. The van der Waals surface area contributed by atoms with Gasteiger partial charge in [-0.3, -0.25) is 5.14 Å². The molecule has 0 aromatic heterocycles. The molecule has 8 N–H and O–H groups in total. The van der Waals surface area contributed by atoms with Crippen molar-refractivity contribution < 1.29 is 0 Å². The van der Waals surface area contributed by atoms with Crippen molar-refractivity contribution in [3.05, 3.63) is 53.6 Å². The Bertz CT molecular complexity index is 738. The van der Waals surface area contributed by atoms with Gasteiger partial charge in [0.05, 0.1) is 0 Å². The number of hydrazine groups is 1. The van der Waals surface area contributed by atoms with Gasteiger partial charge in [0.1, 0.15) is 0 Å². The van der Waals surface area contributed by atoms with Gasteiger partial charge in [-0.15, -0.1) is 5.10 Å². The fourth-order valence-corrected chi connectivity index (χ4v) is 3.84. The monoisotopic (exact) mass is 356 g/mol. The number of benzene rings is 2. The van der Waals surface area contributed by atoms with Gasteiger partial charge in [0.2, 0.25) is 0 Å². The highest BCUT2D eigenvalue weighted by atomic mass is 32.2. The summed E-state index contributed by atoms with van der Waals surface area (Å²) in [7, 11) is 0. The molecule has 1 saturated heterocycles. The van der Waals surface area contributed by atoms with E-state index in [0.29, 0.717) is 11.8 Å². The maximum Gasteiger partial charge on any atom is 0.153 e. The van der Waals surface area contributed by atoms with Crippen LogP contribution in [0.3, 0.4) is 0 Å². The molecule has 0 spiro atoms. The van der Waals surface area contributed by atoms with E-state index in [-0.39, 0.29) is 0 Å². The van der Waals surface area contributed by atoms with Gasteiger partial charge in [0.25, 0.3) is 0 Å². The molecule has 0 aliphatic carbocycles. The van der Waals surface area contributed by atoms with Gasteiger partial charge in [-0.2, -0.15) is 0 Å². The zero-order valence-electron chi connectivity index (χ0n) is 14.0. The van der Waals surface area contributed by atoms with Crippen molar-refractivity contribution in [3.8, 4) is 11.1 Å². The van der Waals surface area contributed by atoms with Gasteiger partial charge in [0.15, 0.2) is 5.84 Å². The fourth-order valence-electron chi connectivity index (χ4n) is 3.35. The number of nitrogens with zero attached hydrogens (tertiary/aromatic N) is 1. The average molecular weight is 356 g/mol. The van der Waals surface area contributed by atoms with Crippen LogP contribution in [0.5, 0.6) is 0 Å². The number of nitrogens with one attached hydrogen (secondary N) is 2. The fraction of sp³-hybridized carbons (Fsp3) is 0.278. The van der Waals surface area contributed by atoms with Gasteiger partial charge >= 0.3 is 0 Å². The molecule has 0 radical (unpaired) electrons. The van der Waals surface area contributed by atoms with Gasteiger partial charge < -0.3 is 11.1 Å². The Balaban J connectivity index is 1.97. The second kappa shape index (κ2) is 8.35. The summed E-state index contributed by atoms with van der Waals surface area (Å²) in [6.45, 7) is 2.18. The van der Waals surface area contributed by atoms with Crippen LogP contribution in [0.25, 0.3) is 11.1 Å². The van der Waals surface area contributed by atoms with Gasteiger partial charge in [-0.25, -0.2) is 11.4 Å². The molecule has 1 aliphatic rings. The van der Waals surface area contributed by atoms with E-state index >= 15 is 0 Å². The van der Waals surface area contributed by atoms with E-state index < -0.39 is 0 Å². The number of nitrogens with two attached hydrogens (primary N) is 3. The summed E-state index contributed by atoms with van der Waals surface area (Å²) in [5, 5.41) is 13.1. The normalized spacial score (nSPS) is 16.0. The van der Waals surface area contributed by atoms with Gasteiger partial charge in [-0.05, 0) is 66.6 Å². The molecule has 1 heterocycles. The van der Waals surface area contributed by atoms with Crippen molar-refractivity contribution in [1.82, 2.24) is 10.9 Å². The molecule has 7 heteroatoms. The standard InChI is InChI=1S/C18H24N6S/c19-18(23-24-20)17-15(2-1-3-16(17)25-21)14-6-4-12(5-7-14)13-8-10-22-11-9-13/h1-7,13,22,24H,8-11,20-21H2,(H2,19,23). The summed E-state index contributed by atoms with van der Waals surface area (Å²) in [6.07, 6.45) is 2.37. The minimum absolute atomic E-state index is 0.313. The number of piperidine rings is 1. The highest BCUT2D eigenvalue weighted by molar-refractivity contribution is 7.97. The van der Waals surface area contributed by atoms with Crippen LogP contribution < -0.4 is 27.6 Å². The molecular formula is C18H24N6S. The first kappa shape index (κ1) is 17.8. The topological polar surface area (TPSA) is 114 Å². The third-order valence-corrected chi connectivity index (χ3v) is 5.22. The van der Waals surface area contributed by atoms with E-state index in [1.54, 1.807) is 0 Å². The summed E-state index contributed by atoms with van der Waals surface area (Å²) in [5.74, 6) is 6.24. The van der Waals surface area contributed by atoms with Crippen molar-refractivity contribution in [1.29, 1.82) is 0 Å². The van der Waals surface area contributed by atoms with Gasteiger partial charge in [0, 0.05) is 10.5 Å². The number of amidine groups is 1. The van der Waals surface area contributed by atoms with Crippen molar-refractivity contribution in [2.45, 2.75) is 23.7 Å². The van der Waals surface area contributed by atoms with E-state index in [4.69, 9.17) is 16.7 Å². The summed E-state index contributed by atoms with van der Waals surface area (Å²) in [6, 6.07) is 14.6. The first-order valence-corrected chi connectivity index (χ1v) is 9.22. The molecule has 3 rings (SSSR count). The largest absolute Gasteiger partial charge is 0.382 e. The third kappa shape index (κ3) is 3.96. The van der Waals surface area contributed by atoms with Crippen LogP contribution in [0.2, 0.25) is 0 Å². The molecule has 0 unspecified atom stereocenters. The lowest BCUT2D eigenvalue weighted by Crippen LogP contribution is -2.26. The van der Waals surface area contributed by atoms with Crippen LogP contribution in [-0.2, 0) is 0 Å². The van der Waals surface area contributed by atoms with Crippen LogP contribution in [-0.4, -0.2) is 18.9 Å². The zero-order chi connectivity index (χ0) is 17.6. The molecule has 0 saturated carbocycles. The molecule has 2 aromatic carbocycles. The first-order valence-electron chi connectivity index (χ1n) is 8.34. The minimum Gasteiger partial charge on any atom is -0.382 e. The van der Waals surface area contributed by atoms with Crippen LogP contribution in [0.4, 0.5) is 0 Å². The van der Waals surface area contributed by atoms with Crippen molar-refractivity contribution in [2.24, 2.45) is 21.8 Å². The van der Waals surface area contributed by atoms with Crippen molar-refractivity contribution in [2.75, 3.05) is 13.1 Å². The van der Waals surface area contributed by atoms with E-state index in [0.717, 1.165) is 46.6 Å². The molecule has 0 bridgehead atoms. The Morgan fingerprint density at radius 3 is 2.48 bits per heavy atom. The SMILES string of the molecule is NN/N=C(\N)c1c(SN)cccc1-c1ccc(C2CCNCC2)cc1. The molecule has 0 atom stereocenters. The predicted molar refractivity (Wildman–Crippen MR) is 105 cm³/mol. The van der Waals surface area contributed by atoms with E-state index in [1.165, 1.54) is 18.4 Å². The van der Waals surface area contributed by atoms with Crippen LogP contribution in [0.15, 0.2) is 52.5 Å². The van der Waals surface area contributed by atoms with Crippen molar-refractivity contribution in [3.63, 3.8) is 0 Å². The second-order valence-corrected chi connectivity index (χ2v) is 6.74. The Kier molecular flexibility index (Phi) is 5.93. The number of hydrogen-bond acceptors (Lipinski definition) is 6. The molecule has 25 heavy (non-hydrogen) atoms. The predicted octanol–water partition coefficient (Wildman–Crippen LogP) is 1.87. The van der Waals surface area contributed by atoms with E-state index in [1.807, 2.05) is 18.2 Å². The maximum atomic E-state index is 6.10. The first-order chi connectivity index (χ1) is 12.2. The number of hydrazone groups is 1. The van der Waals surface area contributed by atoms with Crippen LogP contribution in [0.1, 0.15) is 29.9 Å². The lowest BCUT2D eigenvalue weighted by atomic mass is 9.89. The molecule has 1 fully saturated rings. The second-order valence-electron chi connectivity index (χ2n) is 6.07. The highest BCUT2D eigenvalue weighted by Crippen LogP contribution is 2.32. The Hall–Kier alpha value is -2.06. The molecule has 132 valence electrons. The van der Waals surface area contributed by atoms with E-state index in [2.05, 4.69) is 40.2 Å². The Morgan fingerprint density at radius 2 is 1.84 bits per heavy atom. The van der Waals surface area contributed by atoms with Crippen LogP contribution in [0, 0.1) is 0 Å². The molecular weight excluding hydrogens is 332 g/mol. The number of rotatable bonds is 5.